The Morgan fingerprint density at radius 2 is 1.81 bits per heavy atom. The molecule has 0 radical (unpaired) electrons. The number of nitrogens with one attached hydrogen (secondary N) is 1. The summed E-state index contributed by atoms with van der Waals surface area (Å²) in [4.78, 5) is 1.31. The molecule has 2 aromatic carbocycles. The number of hydrogen-bond acceptors (Lipinski definition) is 3. The Balaban J connectivity index is 1.78. The van der Waals surface area contributed by atoms with Gasteiger partial charge in [-0.3, -0.25) is 0 Å². The molecule has 0 saturated heterocycles. The van der Waals surface area contributed by atoms with Crippen LogP contribution >= 0.6 is 12.2 Å². The first-order valence-corrected chi connectivity index (χ1v) is 9.04. The third kappa shape index (κ3) is 3.86. The molecule has 1 aromatic heterocycles. The van der Waals surface area contributed by atoms with Crippen LogP contribution in [0.3, 0.4) is 0 Å². The zero-order valence-electron chi connectivity index (χ0n) is 15.7. The van der Waals surface area contributed by atoms with Crippen molar-refractivity contribution in [1.29, 1.82) is 0 Å². The minimum atomic E-state index is 0.713. The molecule has 1 unspecified atom stereocenters. The molecule has 6 heteroatoms. The maximum atomic E-state index is 5.61. The average Bonchev–Trinajstić information content (AvgIpc) is 2.91. The molecule has 1 heterocycles. The number of ether oxygens (including phenoxy) is 1. The number of nitrogens with zero attached hydrogens (tertiary/aromatic N) is 3. The van der Waals surface area contributed by atoms with Crippen LogP contribution in [0.15, 0.2) is 48.5 Å². The van der Waals surface area contributed by atoms with Gasteiger partial charge in [-0.1, -0.05) is 24.3 Å². The highest BCUT2D eigenvalue weighted by Gasteiger charge is 2.14. The van der Waals surface area contributed by atoms with Crippen LogP contribution in [-0.4, -0.2) is 28.5 Å². The van der Waals surface area contributed by atoms with Gasteiger partial charge in [0.25, 0.3) is 0 Å². The largest absolute Gasteiger partial charge is 0.497 e. The molecule has 26 heavy (non-hydrogen) atoms. The van der Waals surface area contributed by atoms with Crippen molar-refractivity contribution in [1.82, 2.24) is 14.3 Å². The van der Waals surface area contributed by atoms with Crippen molar-refractivity contribution in [2.45, 2.75) is 20.1 Å². The molecule has 0 amide bonds. The highest BCUT2D eigenvalue weighted by molar-refractivity contribution is 7.71. The van der Waals surface area contributed by atoms with E-state index in [1.807, 2.05) is 40.6 Å². The van der Waals surface area contributed by atoms with Crippen LogP contribution in [0.5, 0.6) is 5.75 Å². The van der Waals surface area contributed by atoms with E-state index in [0.717, 1.165) is 28.5 Å². The molecule has 0 saturated carbocycles. The van der Waals surface area contributed by atoms with Crippen molar-refractivity contribution >= 4 is 12.2 Å². The van der Waals surface area contributed by atoms with E-state index < -0.39 is 0 Å². The summed E-state index contributed by atoms with van der Waals surface area (Å²) in [6, 6.07) is 16.4. The monoisotopic (exact) mass is 369 g/mol. The van der Waals surface area contributed by atoms with Crippen LogP contribution in [0.4, 0.5) is 0 Å². The maximum absolute atomic E-state index is 5.61. The van der Waals surface area contributed by atoms with Gasteiger partial charge in [-0.2, -0.15) is 4.68 Å². The van der Waals surface area contributed by atoms with Crippen LogP contribution in [0, 0.1) is 11.7 Å². The summed E-state index contributed by atoms with van der Waals surface area (Å²) in [5, 5.41) is 4.78. The van der Waals surface area contributed by atoms with E-state index in [0.29, 0.717) is 6.67 Å². The molecule has 0 aliphatic carbocycles. The Kier molecular flexibility index (Phi) is 5.54. The molecule has 0 fully saturated rings. The zero-order valence-corrected chi connectivity index (χ0v) is 16.5. The fourth-order valence-electron chi connectivity index (χ4n) is 3.05. The minimum Gasteiger partial charge on any atom is -0.497 e. The Bertz CT molecular complexity index is 943. The molecule has 3 aromatic rings. The van der Waals surface area contributed by atoms with Crippen molar-refractivity contribution in [3.8, 4) is 17.1 Å². The maximum Gasteiger partial charge on any atom is 0.202 e. The third-order valence-corrected chi connectivity index (χ3v) is 5.00. The predicted octanol–water partition coefficient (Wildman–Crippen LogP) is 2.61. The van der Waals surface area contributed by atoms with Crippen molar-refractivity contribution < 1.29 is 9.64 Å². The Labute approximate surface area is 159 Å². The molecule has 3 rings (SSSR count). The van der Waals surface area contributed by atoms with Gasteiger partial charge in [0.05, 0.1) is 14.2 Å². The van der Waals surface area contributed by atoms with E-state index in [1.54, 1.807) is 7.11 Å². The SMILES string of the molecule is COc1ccc(C[NH+](C)Cn2nc(-c3ccccc3C)n(C)c2=S)cc1. The number of hydrogen-bond donors (Lipinski definition) is 1. The van der Waals surface area contributed by atoms with E-state index in [4.69, 9.17) is 22.1 Å². The second-order valence-electron chi connectivity index (χ2n) is 6.62. The highest BCUT2D eigenvalue weighted by atomic mass is 32.1. The van der Waals surface area contributed by atoms with Crippen molar-refractivity contribution in [2.75, 3.05) is 14.2 Å². The lowest BCUT2D eigenvalue weighted by Gasteiger charge is -2.14. The molecule has 0 aliphatic rings. The number of aryl methyl sites for hydroxylation is 1. The summed E-state index contributed by atoms with van der Waals surface area (Å²) in [6.45, 7) is 3.70. The normalized spacial score (nSPS) is 12.2. The van der Waals surface area contributed by atoms with Gasteiger partial charge in [0.15, 0.2) is 12.5 Å². The topological polar surface area (TPSA) is 36.4 Å². The summed E-state index contributed by atoms with van der Waals surface area (Å²) < 4.78 is 9.85. The number of benzene rings is 2. The molecule has 0 spiro atoms. The van der Waals surface area contributed by atoms with Gasteiger partial charge in [0.2, 0.25) is 4.77 Å². The Morgan fingerprint density at radius 3 is 2.46 bits per heavy atom. The minimum absolute atomic E-state index is 0.713. The lowest BCUT2D eigenvalue weighted by atomic mass is 10.1. The number of aromatic nitrogens is 3. The van der Waals surface area contributed by atoms with E-state index >= 15 is 0 Å². The van der Waals surface area contributed by atoms with E-state index in [-0.39, 0.29) is 0 Å². The second-order valence-corrected chi connectivity index (χ2v) is 6.98. The van der Waals surface area contributed by atoms with E-state index in [2.05, 4.69) is 38.2 Å². The second kappa shape index (κ2) is 7.85. The summed E-state index contributed by atoms with van der Waals surface area (Å²) in [7, 11) is 5.81. The van der Waals surface area contributed by atoms with E-state index in [1.165, 1.54) is 16.0 Å². The molecule has 136 valence electrons. The van der Waals surface area contributed by atoms with Gasteiger partial charge in [-0.15, -0.1) is 5.10 Å². The predicted molar refractivity (Wildman–Crippen MR) is 106 cm³/mol. The van der Waals surface area contributed by atoms with Crippen LogP contribution in [0.1, 0.15) is 11.1 Å². The van der Waals surface area contributed by atoms with Gasteiger partial charge in [0, 0.05) is 18.2 Å². The number of rotatable bonds is 6. The third-order valence-electron chi connectivity index (χ3n) is 4.51. The van der Waals surface area contributed by atoms with E-state index in [9.17, 15) is 0 Å². The van der Waals surface area contributed by atoms with Crippen LogP contribution in [0.25, 0.3) is 11.4 Å². The first-order valence-electron chi connectivity index (χ1n) is 8.63. The van der Waals surface area contributed by atoms with Gasteiger partial charge in [-0.25, -0.2) is 0 Å². The fraction of sp³-hybridized carbons (Fsp3) is 0.300. The summed E-state index contributed by atoms with van der Waals surface area (Å²) >= 11 is 5.61. The molecule has 1 N–H and O–H groups in total. The zero-order chi connectivity index (χ0) is 18.7. The average molecular weight is 370 g/mol. The molecular weight excluding hydrogens is 344 g/mol. The molecule has 1 atom stereocenters. The highest BCUT2D eigenvalue weighted by Crippen LogP contribution is 2.21. The van der Waals surface area contributed by atoms with Gasteiger partial charge >= 0.3 is 0 Å². The number of methoxy groups -OCH3 is 1. The smallest absolute Gasteiger partial charge is 0.202 e. The van der Waals surface area contributed by atoms with Crippen molar-refractivity contribution in [3.63, 3.8) is 0 Å². The lowest BCUT2D eigenvalue weighted by molar-refractivity contribution is -0.917. The first-order chi connectivity index (χ1) is 12.5. The molecule has 0 bridgehead atoms. The standard InChI is InChI=1S/C20H24N4OS/c1-15-7-5-6-8-18(15)19-21-24(20(26)23(19)3)14-22(2)13-16-9-11-17(25-4)12-10-16/h5-12H,13-14H2,1-4H3/p+1. The van der Waals surface area contributed by atoms with Gasteiger partial charge in [0.1, 0.15) is 12.3 Å². The summed E-state index contributed by atoms with van der Waals surface area (Å²) in [6.07, 6.45) is 0. The summed E-state index contributed by atoms with van der Waals surface area (Å²) in [5.41, 5.74) is 3.57. The molecular formula is C20H25N4OS+. The van der Waals surface area contributed by atoms with Gasteiger partial charge in [-0.05, 0) is 49.0 Å². The Hall–Kier alpha value is -2.44. The van der Waals surface area contributed by atoms with Crippen molar-refractivity contribution in [2.24, 2.45) is 7.05 Å². The van der Waals surface area contributed by atoms with Crippen LogP contribution in [0.2, 0.25) is 0 Å². The Morgan fingerprint density at radius 1 is 1.12 bits per heavy atom. The summed E-state index contributed by atoms with van der Waals surface area (Å²) in [5.74, 6) is 1.78. The molecule has 0 aliphatic heterocycles. The number of quaternary nitrogens is 1. The van der Waals surface area contributed by atoms with Crippen LogP contribution < -0.4 is 9.64 Å². The van der Waals surface area contributed by atoms with Crippen LogP contribution in [-0.2, 0) is 20.3 Å². The lowest BCUT2D eigenvalue weighted by Crippen LogP contribution is -3.07. The quantitative estimate of drug-likeness (QED) is 0.679. The first kappa shape index (κ1) is 18.4. The van der Waals surface area contributed by atoms with Crippen molar-refractivity contribution in [3.05, 3.63) is 64.4 Å². The van der Waals surface area contributed by atoms with Gasteiger partial charge < -0.3 is 14.2 Å². The fourth-order valence-corrected chi connectivity index (χ4v) is 3.24. The molecule has 5 nitrogen and oxygen atoms in total.